The van der Waals surface area contributed by atoms with E-state index in [-0.39, 0.29) is 29.5 Å². The van der Waals surface area contributed by atoms with Gasteiger partial charge in [-0.25, -0.2) is 0 Å². The number of hydrogen-bond donors (Lipinski definition) is 0. The fourth-order valence-electron chi connectivity index (χ4n) is 4.91. The van der Waals surface area contributed by atoms with Crippen molar-refractivity contribution in [2.24, 2.45) is 11.8 Å². The summed E-state index contributed by atoms with van der Waals surface area (Å²) in [5.74, 6) is 1.67. The highest BCUT2D eigenvalue weighted by Crippen LogP contribution is 2.49. The molecular weight excluding hydrogens is 384 g/mol. The van der Waals surface area contributed by atoms with Gasteiger partial charge in [0.05, 0.1) is 24.6 Å². The number of ether oxygens (including phenoxy) is 2. The van der Waals surface area contributed by atoms with Crippen LogP contribution in [0.5, 0.6) is 5.75 Å². The van der Waals surface area contributed by atoms with Crippen molar-refractivity contribution in [3.05, 3.63) is 53.0 Å². The topological polar surface area (TPSA) is 81.9 Å². The lowest BCUT2D eigenvalue weighted by Gasteiger charge is -2.37. The zero-order valence-corrected chi connectivity index (χ0v) is 17.3. The summed E-state index contributed by atoms with van der Waals surface area (Å²) in [5.41, 5.74) is 1.19. The smallest absolute Gasteiger partial charge is 0.295 e. The van der Waals surface area contributed by atoms with Gasteiger partial charge in [0, 0.05) is 6.07 Å². The monoisotopic (exact) mass is 408 g/mol. The Kier molecular flexibility index (Phi) is 4.41. The van der Waals surface area contributed by atoms with E-state index in [2.05, 4.69) is 12.1 Å². The van der Waals surface area contributed by atoms with Crippen LogP contribution in [0.1, 0.15) is 43.6 Å². The average molecular weight is 408 g/mol. The van der Waals surface area contributed by atoms with Crippen LogP contribution >= 0.6 is 0 Å². The fraction of sp³-hybridized carbons (Fsp3) is 0.435. The quantitative estimate of drug-likeness (QED) is 0.770. The van der Waals surface area contributed by atoms with Crippen molar-refractivity contribution in [2.45, 2.75) is 45.3 Å². The Morgan fingerprint density at radius 1 is 1.20 bits per heavy atom. The number of carbonyl (C=O) groups is 2. The van der Waals surface area contributed by atoms with Crippen molar-refractivity contribution >= 4 is 17.5 Å². The number of carbonyl (C=O) groups excluding carboxylic acids is 2. The van der Waals surface area contributed by atoms with Gasteiger partial charge in [-0.15, -0.1) is 0 Å². The number of ketones is 1. The summed E-state index contributed by atoms with van der Waals surface area (Å²) in [4.78, 5) is 28.6. The van der Waals surface area contributed by atoms with Crippen LogP contribution in [0.25, 0.3) is 0 Å². The molecule has 0 saturated heterocycles. The summed E-state index contributed by atoms with van der Waals surface area (Å²) >= 11 is 0. The van der Waals surface area contributed by atoms with Gasteiger partial charge in [-0.1, -0.05) is 24.2 Å². The molecule has 1 amide bonds. The van der Waals surface area contributed by atoms with Gasteiger partial charge in [0.1, 0.15) is 17.6 Å². The number of anilines is 1. The number of amides is 1. The van der Waals surface area contributed by atoms with Gasteiger partial charge in [-0.3, -0.25) is 14.5 Å². The molecule has 0 spiro atoms. The molecule has 3 heterocycles. The number of fused-ring (bicyclic) bond motifs is 1. The predicted octanol–water partition coefficient (Wildman–Crippen LogP) is 3.74. The molecule has 3 aliphatic rings. The number of rotatable bonds is 3. The van der Waals surface area contributed by atoms with E-state index in [4.69, 9.17) is 14.0 Å². The predicted molar refractivity (Wildman–Crippen MR) is 108 cm³/mol. The number of benzene rings is 1. The number of nitrogens with zero attached hydrogens (tertiary/aromatic N) is 2. The minimum atomic E-state index is -0.627. The standard InChI is InChI=1S/C23H24N2O5/c1-12-7-8-17-16(9-12)21(26)19-20(14-5-4-6-15(11-14)28-3)25(23(27)22(19)29-17)18-10-13(2)30-24-18/h4-6,10-12,16-17,20H,7-9H2,1-3H3. The number of Topliss-reactive ketones (excluding diaryl/α,β-unsaturated/α-hetero) is 1. The van der Waals surface area contributed by atoms with Gasteiger partial charge in [-0.05, 0) is 49.8 Å². The summed E-state index contributed by atoms with van der Waals surface area (Å²) in [6.07, 6.45) is 2.33. The van der Waals surface area contributed by atoms with E-state index in [0.29, 0.717) is 28.8 Å². The highest BCUT2D eigenvalue weighted by atomic mass is 16.5. The van der Waals surface area contributed by atoms with Gasteiger partial charge >= 0.3 is 0 Å². The van der Waals surface area contributed by atoms with E-state index in [0.717, 1.165) is 24.8 Å². The maximum absolute atomic E-state index is 13.7. The van der Waals surface area contributed by atoms with Crippen LogP contribution in [0.2, 0.25) is 0 Å². The third-order valence-electron chi connectivity index (χ3n) is 6.38. The van der Waals surface area contributed by atoms with Gasteiger partial charge in [-0.2, -0.15) is 0 Å². The maximum Gasteiger partial charge on any atom is 0.295 e. The van der Waals surface area contributed by atoms with E-state index in [1.165, 1.54) is 4.90 Å². The minimum Gasteiger partial charge on any atom is -0.497 e. The SMILES string of the molecule is COc1cccc(C2C3=C(OC4CCC(C)CC4C3=O)C(=O)N2c2cc(C)on2)c1. The molecule has 0 radical (unpaired) electrons. The van der Waals surface area contributed by atoms with Crippen molar-refractivity contribution < 1.29 is 23.6 Å². The molecule has 7 heteroatoms. The molecule has 156 valence electrons. The van der Waals surface area contributed by atoms with E-state index in [1.54, 1.807) is 20.1 Å². The summed E-state index contributed by atoms with van der Waals surface area (Å²) in [6.45, 7) is 3.93. The second-order valence-electron chi connectivity index (χ2n) is 8.44. The molecule has 4 unspecified atom stereocenters. The highest BCUT2D eigenvalue weighted by molar-refractivity contribution is 6.17. The van der Waals surface area contributed by atoms with Gasteiger partial charge in [0.2, 0.25) is 0 Å². The second kappa shape index (κ2) is 7.00. The number of hydrogen-bond acceptors (Lipinski definition) is 6. The van der Waals surface area contributed by atoms with Crippen LogP contribution < -0.4 is 9.64 Å². The first-order valence-corrected chi connectivity index (χ1v) is 10.3. The van der Waals surface area contributed by atoms with E-state index in [9.17, 15) is 9.59 Å². The van der Waals surface area contributed by atoms with E-state index < -0.39 is 6.04 Å². The minimum absolute atomic E-state index is 0.0108. The summed E-state index contributed by atoms with van der Waals surface area (Å²) in [5, 5.41) is 4.06. The van der Waals surface area contributed by atoms with Crippen LogP contribution in [-0.4, -0.2) is 30.1 Å². The van der Waals surface area contributed by atoms with Crippen LogP contribution in [0, 0.1) is 18.8 Å². The van der Waals surface area contributed by atoms with Crippen molar-refractivity contribution in [1.29, 1.82) is 0 Å². The Balaban J connectivity index is 1.65. The molecule has 0 bridgehead atoms. The Morgan fingerprint density at radius 3 is 2.77 bits per heavy atom. The van der Waals surface area contributed by atoms with Gasteiger partial charge < -0.3 is 14.0 Å². The molecule has 1 saturated carbocycles. The van der Waals surface area contributed by atoms with Crippen molar-refractivity contribution in [1.82, 2.24) is 5.16 Å². The fourth-order valence-corrected chi connectivity index (χ4v) is 4.91. The van der Waals surface area contributed by atoms with Crippen molar-refractivity contribution in [2.75, 3.05) is 12.0 Å². The second-order valence-corrected chi connectivity index (χ2v) is 8.44. The Hall–Kier alpha value is -3.09. The largest absolute Gasteiger partial charge is 0.497 e. The van der Waals surface area contributed by atoms with Gasteiger partial charge in [0.25, 0.3) is 5.91 Å². The van der Waals surface area contributed by atoms with E-state index >= 15 is 0 Å². The first-order valence-electron chi connectivity index (χ1n) is 10.3. The lowest BCUT2D eigenvalue weighted by Crippen LogP contribution is -2.41. The normalized spacial score (nSPS) is 28.3. The summed E-state index contributed by atoms with van der Waals surface area (Å²) in [7, 11) is 1.59. The molecule has 2 aliphatic heterocycles. The molecule has 1 aromatic heterocycles. The van der Waals surface area contributed by atoms with Crippen LogP contribution in [0.15, 0.2) is 46.2 Å². The third kappa shape index (κ3) is 2.83. The highest BCUT2D eigenvalue weighted by Gasteiger charge is 2.53. The molecule has 1 fully saturated rings. The van der Waals surface area contributed by atoms with Crippen molar-refractivity contribution in [3.63, 3.8) is 0 Å². The number of methoxy groups -OCH3 is 1. The number of aryl methyl sites for hydroxylation is 1. The molecule has 30 heavy (non-hydrogen) atoms. The summed E-state index contributed by atoms with van der Waals surface area (Å²) in [6, 6.07) is 8.48. The molecule has 5 rings (SSSR count). The zero-order valence-electron chi connectivity index (χ0n) is 17.3. The molecule has 0 N–H and O–H groups in total. The average Bonchev–Trinajstić information content (AvgIpc) is 3.30. The molecule has 1 aliphatic carbocycles. The van der Waals surface area contributed by atoms with Crippen molar-refractivity contribution in [3.8, 4) is 5.75 Å². The number of aromatic nitrogens is 1. The molecular formula is C23H24N2O5. The van der Waals surface area contributed by atoms with Crippen LogP contribution in [-0.2, 0) is 14.3 Å². The first-order chi connectivity index (χ1) is 14.5. The van der Waals surface area contributed by atoms with Crippen LogP contribution in [0.4, 0.5) is 5.82 Å². The van der Waals surface area contributed by atoms with Crippen LogP contribution in [0.3, 0.4) is 0 Å². The third-order valence-corrected chi connectivity index (χ3v) is 6.38. The summed E-state index contributed by atoms with van der Waals surface area (Å²) < 4.78 is 16.8. The zero-order chi connectivity index (χ0) is 21.0. The lowest BCUT2D eigenvalue weighted by molar-refractivity contribution is -0.132. The molecule has 4 atom stereocenters. The van der Waals surface area contributed by atoms with Gasteiger partial charge in [0.15, 0.2) is 17.4 Å². The lowest BCUT2D eigenvalue weighted by atomic mass is 9.74. The Labute approximate surface area is 174 Å². The van der Waals surface area contributed by atoms with E-state index in [1.807, 2.05) is 24.3 Å². The molecule has 2 aromatic rings. The molecule has 1 aromatic carbocycles. The Morgan fingerprint density at radius 2 is 2.03 bits per heavy atom. The molecule has 7 nitrogen and oxygen atoms in total. The Bertz CT molecular complexity index is 1060. The maximum atomic E-state index is 13.7. The first kappa shape index (κ1) is 18.9.